The van der Waals surface area contributed by atoms with Gasteiger partial charge in [0, 0.05) is 30.3 Å². The molecule has 128 valence electrons. The van der Waals surface area contributed by atoms with Gasteiger partial charge in [-0.3, -0.25) is 23.9 Å². The number of nitrogens with one attached hydrogen (secondary N) is 1. The molecule has 23 heavy (non-hydrogen) atoms. The predicted molar refractivity (Wildman–Crippen MR) is 86.2 cm³/mol. The van der Waals surface area contributed by atoms with E-state index in [0.29, 0.717) is 5.56 Å². The summed E-state index contributed by atoms with van der Waals surface area (Å²) in [6.07, 6.45) is 1.32. The molecule has 8 heteroatoms. The van der Waals surface area contributed by atoms with E-state index in [-0.39, 0.29) is 32.0 Å². The van der Waals surface area contributed by atoms with E-state index in [2.05, 4.69) is 4.98 Å². The molecule has 0 bridgehead atoms. The first-order valence-electron chi connectivity index (χ1n) is 7.37. The van der Waals surface area contributed by atoms with Crippen LogP contribution in [0, 0.1) is 12.3 Å². The normalized spacial score (nSPS) is 11.3. The Kier molecular flexibility index (Phi) is 6.03. The molecule has 1 heterocycles. The Labute approximate surface area is 134 Å². The molecule has 0 radical (unpaired) electrons. The fourth-order valence-corrected chi connectivity index (χ4v) is 1.84. The van der Waals surface area contributed by atoms with Crippen molar-refractivity contribution in [2.24, 2.45) is 11.1 Å². The molecule has 3 N–H and O–H groups in total. The molecule has 0 aromatic carbocycles. The summed E-state index contributed by atoms with van der Waals surface area (Å²) in [5.41, 5.74) is 4.11. The minimum atomic E-state index is -0.663. The van der Waals surface area contributed by atoms with Gasteiger partial charge in [0.15, 0.2) is 5.78 Å². The van der Waals surface area contributed by atoms with Gasteiger partial charge in [-0.25, -0.2) is 4.79 Å². The predicted octanol–water partition coefficient (Wildman–Crippen LogP) is -0.752. The summed E-state index contributed by atoms with van der Waals surface area (Å²) in [6.45, 7) is 6.98. The molecule has 0 aliphatic carbocycles. The van der Waals surface area contributed by atoms with E-state index in [1.54, 1.807) is 27.7 Å². The number of ketones is 1. The number of aryl methyl sites for hydroxylation is 1. The largest absolute Gasteiger partial charge is 0.333 e. The van der Waals surface area contributed by atoms with Crippen molar-refractivity contribution in [1.29, 1.82) is 0 Å². The number of hydrogen-bond acceptors (Lipinski definition) is 5. The third-order valence-corrected chi connectivity index (χ3v) is 3.42. The molecule has 0 aliphatic heterocycles. The van der Waals surface area contributed by atoms with Crippen molar-refractivity contribution in [3.8, 4) is 0 Å². The van der Waals surface area contributed by atoms with Crippen LogP contribution in [0.2, 0.25) is 0 Å². The van der Waals surface area contributed by atoms with Crippen molar-refractivity contribution in [2.45, 2.75) is 34.2 Å². The monoisotopic (exact) mass is 324 g/mol. The van der Waals surface area contributed by atoms with Crippen molar-refractivity contribution >= 4 is 11.7 Å². The van der Waals surface area contributed by atoms with Crippen molar-refractivity contribution in [2.75, 3.05) is 19.6 Å². The van der Waals surface area contributed by atoms with Crippen molar-refractivity contribution in [1.82, 2.24) is 14.5 Å². The zero-order chi connectivity index (χ0) is 17.8. The van der Waals surface area contributed by atoms with Crippen LogP contribution in [0.1, 0.15) is 26.3 Å². The summed E-state index contributed by atoms with van der Waals surface area (Å²) in [5.74, 6) is -0.495. The maximum absolute atomic E-state index is 12.4. The average molecular weight is 324 g/mol. The van der Waals surface area contributed by atoms with Gasteiger partial charge in [0.2, 0.25) is 5.91 Å². The molecule has 0 fully saturated rings. The number of nitrogens with zero attached hydrogens (tertiary/aromatic N) is 2. The van der Waals surface area contributed by atoms with Crippen LogP contribution in [-0.4, -0.2) is 45.8 Å². The topological polar surface area (TPSA) is 118 Å². The molecular formula is C15H24N4O4. The Hall–Kier alpha value is -2.22. The first kappa shape index (κ1) is 18.8. The van der Waals surface area contributed by atoms with Crippen LogP contribution in [0.15, 0.2) is 15.8 Å². The fourth-order valence-electron chi connectivity index (χ4n) is 1.84. The Morgan fingerprint density at radius 3 is 2.43 bits per heavy atom. The molecule has 0 spiro atoms. The molecule has 1 amide bonds. The minimum Gasteiger partial charge on any atom is -0.333 e. The highest BCUT2D eigenvalue weighted by Gasteiger charge is 2.25. The van der Waals surface area contributed by atoms with E-state index >= 15 is 0 Å². The number of Topliss-reactive ketones (excluding diaryl/α,β-unsaturated/α-hetero) is 1. The first-order valence-corrected chi connectivity index (χ1v) is 7.37. The van der Waals surface area contributed by atoms with Crippen molar-refractivity contribution in [3.63, 3.8) is 0 Å². The molecule has 8 nitrogen and oxygen atoms in total. The molecule has 0 saturated carbocycles. The van der Waals surface area contributed by atoms with Gasteiger partial charge in [-0.2, -0.15) is 0 Å². The van der Waals surface area contributed by atoms with Crippen molar-refractivity contribution in [3.05, 3.63) is 32.6 Å². The molecule has 1 rings (SSSR count). The van der Waals surface area contributed by atoms with E-state index in [4.69, 9.17) is 5.73 Å². The number of H-pyrrole nitrogens is 1. The van der Waals surface area contributed by atoms with E-state index in [1.165, 1.54) is 11.1 Å². The lowest BCUT2D eigenvalue weighted by Gasteiger charge is -2.25. The van der Waals surface area contributed by atoms with Gasteiger partial charge in [0.05, 0.1) is 6.54 Å². The molecule has 1 aromatic heterocycles. The van der Waals surface area contributed by atoms with Crippen LogP contribution in [0.3, 0.4) is 0 Å². The van der Waals surface area contributed by atoms with Crippen molar-refractivity contribution < 1.29 is 9.59 Å². The van der Waals surface area contributed by atoms with E-state index in [1.807, 2.05) is 0 Å². The zero-order valence-electron chi connectivity index (χ0n) is 14.0. The minimum absolute atomic E-state index is 0.0589. The summed E-state index contributed by atoms with van der Waals surface area (Å²) < 4.78 is 1.12. The quantitative estimate of drug-likeness (QED) is 0.713. The molecule has 1 aromatic rings. The molecule has 0 saturated heterocycles. The maximum atomic E-state index is 12.4. The summed E-state index contributed by atoms with van der Waals surface area (Å²) in [4.78, 5) is 51.1. The van der Waals surface area contributed by atoms with Gasteiger partial charge in [-0.15, -0.1) is 0 Å². The number of carbonyl (C=O) groups is 2. The zero-order valence-corrected chi connectivity index (χ0v) is 14.0. The smallest absolute Gasteiger partial charge is 0.328 e. The van der Waals surface area contributed by atoms with Crippen LogP contribution in [0.25, 0.3) is 0 Å². The summed E-state index contributed by atoms with van der Waals surface area (Å²) in [6, 6.07) is 0. The Bertz CT molecular complexity index is 697. The number of nitrogens with two attached hydrogens (primary N) is 1. The van der Waals surface area contributed by atoms with Gasteiger partial charge >= 0.3 is 5.69 Å². The Balaban J connectivity index is 2.95. The number of amides is 1. The second-order valence-corrected chi connectivity index (χ2v) is 6.48. The highest BCUT2D eigenvalue weighted by atomic mass is 16.2. The van der Waals surface area contributed by atoms with Gasteiger partial charge in [0.1, 0.15) is 6.54 Å². The SMILES string of the molecule is Cc1cn(CC(=O)N(CCN)CC(=O)C(C)(C)C)c(=O)[nH]c1=O. The number of carbonyl (C=O) groups excluding carboxylic acids is 2. The second kappa shape index (κ2) is 7.36. The summed E-state index contributed by atoms with van der Waals surface area (Å²) in [7, 11) is 0. The maximum Gasteiger partial charge on any atom is 0.328 e. The summed E-state index contributed by atoms with van der Waals surface area (Å²) >= 11 is 0. The molecule has 0 aliphatic rings. The van der Waals surface area contributed by atoms with Gasteiger partial charge in [-0.1, -0.05) is 20.8 Å². The van der Waals surface area contributed by atoms with Gasteiger partial charge in [-0.05, 0) is 6.92 Å². The Morgan fingerprint density at radius 2 is 1.91 bits per heavy atom. The molecule has 0 atom stereocenters. The number of aromatic nitrogens is 2. The fraction of sp³-hybridized carbons (Fsp3) is 0.600. The lowest BCUT2D eigenvalue weighted by Crippen LogP contribution is -2.45. The third kappa shape index (κ3) is 5.17. The standard InChI is InChI=1S/C15H24N4O4/c1-10-7-19(14(23)17-13(10)22)9-12(21)18(6-5-16)8-11(20)15(2,3)4/h7H,5-6,8-9,16H2,1-4H3,(H,17,22,23). The molecule has 0 unspecified atom stereocenters. The molecular weight excluding hydrogens is 300 g/mol. The third-order valence-electron chi connectivity index (χ3n) is 3.42. The lowest BCUT2D eigenvalue weighted by molar-refractivity contribution is -0.138. The van der Waals surface area contributed by atoms with E-state index < -0.39 is 22.6 Å². The number of rotatable bonds is 6. The summed E-state index contributed by atoms with van der Waals surface area (Å²) in [5, 5.41) is 0. The van der Waals surface area contributed by atoms with Crippen LogP contribution in [-0.2, 0) is 16.1 Å². The van der Waals surface area contributed by atoms with E-state index in [0.717, 1.165) is 4.57 Å². The second-order valence-electron chi connectivity index (χ2n) is 6.48. The van der Waals surface area contributed by atoms with Gasteiger partial charge < -0.3 is 10.6 Å². The van der Waals surface area contributed by atoms with Crippen LogP contribution in [0.5, 0.6) is 0 Å². The van der Waals surface area contributed by atoms with Crippen LogP contribution >= 0.6 is 0 Å². The highest BCUT2D eigenvalue weighted by Crippen LogP contribution is 2.15. The highest BCUT2D eigenvalue weighted by molar-refractivity contribution is 5.89. The van der Waals surface area contributed by atoms with Crippen LogP contribution in [0.4, 0.5) is 0 Å². The number of hydrogen-bond donors (Lipinski definition) is 2. The lowest BCUT2D eigenvalue weighted by atomic mass is 9.90. The Morgan fingerprint density at radius 1 is 1.30 bits per heavy atom. The van der Waals surface area contributed by atoms with E-state index in [9.17, 15) is 19.2 Å². The average Bonchev–Trinajstić information content (AvgIpc) is 2.43. The number of aromatic amines is 1. The first-order chi connectivity index (χ1) is 10.6. The van der Waals surface area contributed by atoms with Crippen LogP contribution < -0.4 is 17.0 Å². The van der Waals surface area contributed by atoms with Gasteiger partial charge in [0.25, 0.3) is 5.56 Å².